The summed E-state index contributed by atoms with van der Waals surface area (Å²) in [5, 5.41) is 0. The second kappa shape index (κ2) is 7.85. The van der Waals surface area contributed by atoms with E-state index in [2.05, 4.69) is 12.1 Å². The fraction of sp³-hybridized carbons (Fsp3) is 0.368. The lowest BCUT2D eigenvalue weighted by Gasteiger charge is -2.12. The van der Waals surface area contributed by atoms with E-state index in [0.717, 1.165) is 48.7 Å². The molecule has 0 aliphatic carbocycles. The molecule has 2 aliphatic rings. The summed E-state index contributed by atoms with van der Waals surface area (Å²) in [6.07, 6.45) is 3.78. The van der Waals surface area contributed by atoms with Gasteiger partial charge in [-0.15, -0.1) is 12.4 Å². The molecule has 2 aromatic rings. The summed E-state index contributed by atoms with van der Waals surface area (Å²) in [5.41, 5.74) is 8.75. The molecule has 0 atom stereocenters. The molecule has 2 aliphatic heterocycles. The van der Waals surface area contributed by atoms with E-state index < -0.39 is 0 Å². The van der Waals surface area contributed by atoms with E-state index in [-0.39, 0.29) is 18.4 Å². The van der Waals surface area contributed by atoms with E-state index >= 15 is 0 Å². The number of hydrogen-bond donors (Lipinski definition) is 1. The van der Waals surface area contributed by atoms with Gasteiger partial charge in [-0.3, -0.25) is 0 Å². The maximum atomic E-state index is 6.28. The lowest BCUT2D eigenvalue weighted by Crippen LogP contribution is -2.21. The van der Waals surface area contributed by atoms with Crippen molar-refractivity contribution in [2.24, 2.45) is 5.73 Å². The van der Waals surface area contributed by atoms with Gasteiger partial charge in [0.15, 0.2) is 23.0 Å². The van der Waals surface area contributed by atoms with Gasteiger partial charge in [0.2, 0.25) is 13.6 Å². The Labute approximate surface area is 153 Å². The second-order valence-electron chi connectivity index (χ2n) is 6.21. The van der Waals surface area contributed by atoms with E-state index in [9.17, 15) is 0 Å². The van der Waals surface area contributed by atoms with E-state index in [1.54, 1.807) is 0 Å². The van der Waals surface area contributed by atoms with Gasteiger partial charge in [-0.1, -0.05) is 12.1 Å². The van der Waals surface area contributed by atoms with Crippen molar-refractivity contribution in [3.05, 3.63) is 47.5 Å². The molecule has 25 heavy (non-hydrogen) atoms. The molecule has 6 heteroatoms. The fourth-order valence-electron chi connectivity index (χ4n) is 3.04. The van der Waals surface area contributed by atoms with Crippen LogP contribution in [0.15, 0.2) is 36.4 Å². The van der Waals surface area contributed by atoms with Crippen LogP contribution in [0.25, 0.3) is 0 Å². The molecule has 134 valence electrons. The van der Waals surface area contributed by atoms with E-state index in [4.69, 9.17) is 24.7 Å². The lowest BCUT2D eigenvalue weighted by molar-refractivity contribution is 0.173. The van der Waals surface area contributed by atoms with Gasteiger partial charge in [-0.25, -0.2) is 0 Å². The third kappa shape index (κ3) is 4.11. The topological polar surface area (TPSA) is 62.9 Å². The van der Waals surface area contributed by atoms with Crippen LogP contribution in [0, 0.1) is 0 Å². The van der Waals surface area contributed by atoms with Crippen molar-refractivity contribution in [3.63, 3.8) is 0 Å². The first-order valence-corrected chi connectivity index (χ1v) is 8.30. The molecule has 2 aromatic carbocycles. The Bertz CT molecular complexity index is 676. The Balaban J connectivity index is 0.00000182. The first kappa shape index (κ1) is 17.7. The number of rotatable bonds is 6. The summed E-state index contributed by atoms with van der Waals surface area (Å²) in [6.45, 7) is 0.627. The average Bonchev–Trinajstić information content (AvgIpc) is 3.25. The van der Waals surface area contributed by atoms with Gasteiger partial charge in [0.25, 0.3) is 0 Å². The van der Waals surface area contributed by atoms with Crippen LogP contribution in [0.2, 0.25) is 0 Å². The van der Waals surface area contributed by atoms with Gasteiger partial charge in [-0.2, -0.15) is 0 Å². The minimum absolute atomic E-state index is 0. The molecule has 0 unspecified atom stereocenters. The van der Waals surface area contributed by atoms with Crippen LogP contribution in [0.1, 0.15) is 24.0 Å². The predicted molar refractivity (Wildman–Crippen MR) is 97.0 cm³/mol. The van der Waals surface area contributed by atoms with Crippen LogP contribution in [-0.2, 0) is 12.8 Å². The number of ether oxygens (including phenoxy) is 4. The van der Waals surface area contributed by atoms with Crippen LogP contribution < -0.4 is 24.7 Å². The zero-order valence-corrected chi connectivity index (χ0v) is 14.7. The highest BCUT2D eigenvalue weighted by Crippen LogP contribution is 2.34. The SMILES string of the molecule is Cl.NC(CCc1ccc2c(c1)OCO2)CCc1ccc2c(c1)OCO2. The Morgan fingerprint density at radius 1 is 0.720 bits per heavy atom. The van der Waals surface area contributed by atoms with Crippen molar-refractivity contribution >= 4 is 12.4 Å². The quantitative estimate of drug-likeness (QED) is 0.851. The number of halogens is 1. The molecule has 5 nitrogen and oxygen atoms in total. The molecular weight excluding hydrogens is 342 g/mol. The molecule has 0 saturated heterocycles. The van der Waals surface area contributed by atoms with E-state index in [1.165, 1.54) is 11.1 Å². The molecule has 0 spiro atoms. The Morgan fingerprint density at radius 2 is 1.16 bits per heavy atom. The highest BCUT2D eigenvalue weighted by Gasteiger charge is 2.15. The summed E-state index contributed by atoms with van der Waals surface area (Å²) < 4.78 is 21.5. The predicted octanol–water partition coefficient (Wildman–Crippen LogP) is 3.46. The van der Waals surface area contributed by atoms with Crippen molar-refractivity contribution in [2.45, 2.75) is 31.7 Å². The molecule has 4 rings (SSSR count). The summed E-state index contributed by atoms with van der Waals surface area (Å²) >= 11 is 0. The lowest BCUT2D eigenvalue weighted by atomic mass is 9.99. The minimum atomic E-state index is 0. The minimum Gasteiger partial charge on any atom is -0.454 e. The number of hydrogen-bond acceptors (Lipinski definition) is 5. The monoisotopic (exact) mass is 363 g/mol. The third-order valence-corrected chi connectivity index (χ3v) is 4.48. The van der Waals surface area contributed by atoms with Gasteiger partial charge in [0, 0.05) is 6.04 Å². The van der Waals surface area contributed by atoms with Crippen LogP contribution in [0.5, 0.6) is 23.0 Å². The summed E-state index contributed by atoms with van der Waals surface area (Å²) in [6, 6.07) is 12.4. The highest BCUT2D eigenvalue weighted by atomic mass is 35.5. The second-order valence-corrected chi connectivity index (χ2v) is 6.21. The van der Waals surface area contributed by atoms with E-state index in [0.29, 0.717) is 13.6 Å². The highest BCUT2D eigenvalue weighted by molar-refractivity contribution is 5.85. The van der Waals surface area contributed by atoms with Gasteiger partial charge < -0.3 is 24.7 Å². The average molecular weight is 364 g/mol. The van der Waals surface area contributed by atoms with Gasteiger partial charge in [0.1, 0.15) is 0 Å². The molecule has 2 heterocycles. The van der Waals surface area contributed by atoms with Crippen LogP contribution >= 0.6 is 12.4 Å². The summed E-state index contributed by atoms with van der Waals surface area (Å²) in [4.78, 5) is 0. The van der Waals surface area contributed by atoms with Gasteiger partial charge in [-0.05, 0) is 61.1 Å². The third-order valence-electron chi connectivity index (χ3n) is 4.48. The molecule has 0 fully saturated rings. The smallest absolute Gasteiger partial charge is 0.231 e. The number of fused-ring (bicyclic) bond motifs is 2. The molecule has 0 amide bonds. The maximum absolute atomic E-state index is 6.28. The Morgan fingerprint density at radius 3 is 1.64 bits per heavy atom. The van der Waals surface area contributed by atoms with Crippen molar-refractivity contribution in [2.75, 3.05) is 13.6 Å². The number of benzene rings is 2. The normalized spacial score (nSPS) is 13.8. The van der Waals surface area contributed by atoms with Gasteiger partial charge >= 0.3 is 0 Å². The Kier molecular flexibility index (Phi) is 5.56. The van der Waals surface area contributed by atoms with Crippen molar-refractivity contribution in [3.8, 4) is 23.0 Å². The fourth-order valence-corrected chi connectivity index (χ4v) is 3.04. The Hall–Kier alpha value is -2.11. The van der Waals surface area contributed by atoms with Crippen molar-refractivity contribution < 1.29 is 18.9 Å². The zero-order chi connectivity index (χ0) is 16.4. The molecule has 0 radical (unpaired) electrons. The number of nitrogens with two attached hydrogens (primary N) is 1. The molecule has 0 aromatic heterocycles. The van der Waals surface area contributed by atoms with Crippen LogP contribution in [-0.4, -0.2) is 19.6 Å². The largest absolute Gasteiger partial charge is 0.454 e. The first-order chi connectivity index (χ1) is 11.8. The van der Waals surface area contributed by atoms with Crippen molar-refractivity contribution in [1.29, 1.82) is 0 Å². The molecular formula is C19H22ClNO4. The van der Waals surface area contributed by atoms with Gasteiger partial charge in [0.05, 0.1) is 0 Å². The number of aryl methyl sites for hydroxylation is 2. The zero-order valence-electron chi connectivity index (χ0n) is 13.9. The van der Waals surface area contributed by atoms with E-state index in [1.807, 2.05) is 24.3 Å². The van der Waals surface area contributed by atoms with Crippen molar-refractivity contribution in [1.82, 2.24) is 0 Å². The van der Waals surface area contributed by atoms with Crippen LogP contribution in [0.3, 0.4) is 0 Å². The maximum Gasteiger partial charge on any atom is 0.231 e. The molecule has 0 bridgehead atoms. The summed E-state index contributed by atoms with van der Waals surface area (Å²) in [5.74, 6) is 3.32. The molecule has 0 saturated carbocycles. The first-order valence-electron chi connectivity index (χ1n) is 8.30. The standard InChI is InChI=1S/C19H21NO4.ClH/c20-15(5-1-13-3-7-16-18(9-13)23-11-21-16)6-2-14-4-8-17-19(10-14)24-12-22-17;/h3-4,7-10,15H,1-2,5-6,11-12,20H2;1H. The molecule has 2 N–H and O–H groups in total. The summed E-state index contributed by atoms with van der Waals surface area (Å²) in [7, 11) is 0. The van der Waals surface area contributed by atoms with Crippen LogP contribution in [0.4, 0.5) is 0 Å².